The molecule has 0 amide bonds. The maximum atomic E-state index is 5.35. The molecule has 0 aromatic carbocycles. The number of aromatic nitrogens is 1. The second kappa shape index (κ2) is 4.88. The molecule has 0 unspecified atom stereocenters. The van der Waals surface area contributed by atoms with Gasteiger partial charge in [-0.15, -0.1) is 11.8 Å². The third-order valence-electron chi connectivity index (χ3n) is 1.72. The van der Waals surface area contributed by atoms with Gasteiger partial charge >= 0.3 is 0 Å². The summed E-state index contributed by atoms with van der Waals surface area (Å²) in [6.07, 6.45) is 0. The molecule has 15 heavy (non-hydrogen) atoms. The fraction of sp³-hybridized carbons (Fsp3) is 0.583. The van der Waals surface area contributed by atoms with Crippen LogP contribution >= 0.6 is 11.8 Å². The molecule has 0 radical (unpaired) electrons. The minimum atomic E-state index is 0.222. The van der Waals surface area contributed by atoms with Crippen LogP contribution in [0.1, 0.15) is 33.4 Å². The molecule has 3 heteroatoms. The van der Waals surface area contributed by atoms with E-state index in [4.69, 9.17) is 4.74 Å². The van der Waals surface area contributed by atoms with Crippen molar-refractivity contribution < 1.29 is 4.74 Å². The van der Waals surface area contributed by atoms with Gasteiger partial charge in [0, 0.05) is 15.7 Å². The summed E-state index contributed by atoms with van der Waals surface area (Å²) >= 11 is 1.84. The molecule has 0 bridgehead atoms. The Morgan fingerprint density at radius 2 is 2.00 bits per heavy atom. The van der Waals surface area contributed by atoms with Crippen LogP contribution in [0.5, 0.6) is 5.88 Å². The summed E-state index contributed by atoms with van der Waals surface area (Å²) in [6, 6.07) is 4.02. The van der Waals surface area contributed by atoms with E-state index in [1.807, 2.05) is 31.7 Å². The molecule has 0 spiro atoms. The minimum absolute atomic E-state index is 0.222. The van der Waals surface area contributed by atoms with Gasteiger partial charge in [0.15, 0.2) is 0 Å². The van der Waals surface area contributed by atoms with Crippen LogP contribution in [0, 0.1) is 6.92 Å². The first kappa shape index (κ1) is 12.4. The second-order valence-corrected chi connectivity index (χ2v) is 6.25. The third kappa shape index (κ3) is 4.12. The Morgan fingerprint density at radius 3 is 2.47 bits per heavy atom. The summed E-state index contributed by atoms with van der Waals surface area (Å²) < 4.78 is 5.57. The van der Waals surface area contributed by atoms with E-state index in [1.165, 1.54) is 4.90 Å². The molecule has 1 heterocycles. The van der Waals surface area contributed by atoms with Crippen molar-refractivity contribution in [2.24, 2.45) is 0 Å². The van der Waals surface area contributed by atoms with E-state index in [0.717, 1.165) is 5.69 Å². The molecule has 2 nitrogen and oxygen atoms in total. The van der Waals surface area contributed by atoms with E-state index >= 15 is 0 Å². The van der Waals surface area contributed by atoms with Gasteiger partial charge in [-0.1, -0.05) is 20.8 Å². The lowest BCUT2D eigenvalue weighted by Gasteiger charge is -2.18. The minimum Gasteiger partial charge on any atom is -0.478 e. The molecule has 0 fully saturated rings. The molecule has 1 rings (SSSR count). The topological polar surface area (TPSA) is 22.1 Å². The molecule has 0 saturated carbocycles. The zero-order chi connectivity index (χ0) is 11.5. The molecule has 0 aliphatic heterocycles. The number of nitrogens with zero attached hydrogens (tertiary/aromatic N) is 1. The van der Waals surface area contributed by atoms with Gasteiger partial charge in [-0.3, -0.25) is 0 Å². The van der Waals surface area contributed by atoms with E-state index in [0.29, 0.717) is 12.5 Å². The van der Waals surface area contributed by atoms with Crippen molar-refractivity contribution in [3.63, 3.8) is 0 Å². The van der Waals surface area contributed by atoms with Crippen LogP contribution in [0.25, 0.3) is 0 Å². The van der Waals surface area contributed by atoms with Crippen molar-refractivity contribution in [3.8, 4) is 5.88 Å². The van der Waals surface area contributed by atoms with Gasteiger partial charge in [0.05, 0.1) is 12.3 Å². The normalized spacial score (nSPS) is 11.5. The number of pyridine rings is 1. The second-order valence-electron chi connectivity index (χ2n) is 4.38. The number of hydrogen-bond donors (Lipinski definition) is 0. The third-order valence-corrected chi connectivity index (χ3v) is 2.98. The van der Waals surface area contributed by atoms with Crippen LogP contribution in [-0.2, 0) is 0 Å². The Hall–Kier alpha value is -0.700. The lowest BCUT2D eigenvalue weighted by atomic mass is 10.3. The van der Waals surface area contributed by atoms with Crippen molar-refractivity contribution in [2.45, 2.75) is 44.3 Å². The molecule has 1 aromatic rings. The van der Waals surface area contributed by atoms with Crippen LogP contribution in [-0.4, -0.2) is 16.3 Å². The van der Waals surface area contributed by atoms with Crippen molar-refractivity contribution in [3.05, 3.63) is 17.8 Å². The Kier molecular flexibility index (Phi) is 4.03. The highest BCUT2D eigenvalue weighted by atomic mass is 32.2. The van der Waals surface area contributed by atoms with Gasteiger partial charge in [-0.25, -0.2) is 4.98 Å². The van der Waals surface area contributed by atoms with Crippen molar-refractivity contribution in [2.75, 3.05) is 6.61 Å². The smallest absolute Gasteiger partial charge is 0.213 e. The molecule has 0 saturated heterocycles. The molecule has 1 aromatic heterocycles. The Balaban J connectivity index is 2.84. The predicted octanol–water partition coefficient (Wildman–Crippen LogP) is 3.68. The van der Waals surface area contributed by atoms with Crippen molar-refractivity contribution in [1.29, 1.82) is 0 Å². The number of aryl methyl sites for hydroxylation is 1. The van der Waals surface area contributed by atoms with Crippen LogP contribution in [0.4, 0.5) is 0 Å². The van der Waals surface area contributed by atoms with E-state index < -0.39 is 0 Å². The lowest BCUT2D eigenvalue weighted by Crippen LogP contribution is -2.07. The zero-order valence-electron chi connectivity index (χ0n) is 10.1. The van der Waals surface area contributed by atoms with E-state index in [2.05, 4.69) is 31.8 Å². The molecular weight excluding hydrogens is 206 g/mol. The molecular formula is C12H19NOS. The molecule has 0 aliphatic rings. The van der Waals surface area contributed by atoms with E-state index in [1.54, 1.807) is 0 Å². The number of rotatable bonds is 3. The highest BCUT2D eigenvalue weighted by Gasteiger charge is 2.14. The van der Waals surface area contributed by atoms with Gasteiger partial charge in [0.1, 0.15) is 0 Å². The lowest BCUT2D eigenvalue weighted by molar-refractivity contribution is 0.325. The van der Waals surface area contributed by atoms with E-state index in [9.17, 15) is 0 Å². The Bertz CT molecular complexity index is 331. The van der Waals surface area contributed by atoms with Crippen LogP contribution in [0.3, 0.4) is 0 Å². The van der Waals surface area contributed by atoms with Gasteiger partial charge in [0.25, 0.3) is 0 Å². The number of ether oxygens (including phenoxy) is 1. The summed E-state index contributed by atoms with van der Waals surface area (Å²) in [7, 11) is 0. The zero-order valence-corrected chi connectivity index (χ0v) is 10.9. The average molecular weight is 225 g/mol. The Morgan fingerprint density at radius 1 is 1.33 bits per heavy atom. The monoisotopic (exact) mass is 225 g/mol. The van der Waals surface area contributed by atoms with Crippen molar-refractivity contribution in [1.82, 2.24) is 4.98 Å². The average Bonchev–Trinajstić information content (AvgIpc) is 2.08. The first-order valence-electron chi connectivity index (χ1n) is 5.22. The Labute approximate surface area is 96.4 Å². The summed E-state index contributed by atoms with van der Waals surface area (Å²) in [4.78, 5) is 5.63. The molecule has 84 valence electrons. The standard InChI is InChI=1S/C12H19NOS/c1-6-14-11-8-7-10(9(2)13-11)15-12(3,4)5/h7-8H,6H2,1-5H3. The number of hydrogen-bond acceptors (Lipinski definition) is 3. The first-order chi connectivity index (χ1) is 6.92. The van der Waals surface area contributed by atoms with Crippen LogP contribution in [0.15, 0.2) is 17.0 Å². The SMILES string of the molecule is CCOc1ccc(SC(C)(C)C)c(C)n1. The molecule has 0 atom stereocenters. The van der Waals surface area contributed by atoms with Crippen LogP contribution < -0.4 is 4.74 Å². The first-order valence-corrected chi connectivity index (χ1v) is 6.03. The van der Waals surface area contributed by atoms with Gasteiger partial charge in [0.2, 0.25) is 5.88 Å². The summed E-state index contributed by atoms with van der Waals surface area (Å²) in [5.74, 6) is 0.716. The van der Waals surface area contributed by atoms with Gasteiger partial charge in [-0.2, -0.15) is 0 Å². The predicted molar refractivity (Wildman–Crippen MR) is 65.8 cm³/mol. The maximum Gasteiger partial charge on any atom is 0.213 e. The summed E-state index contributed by atoms with van der Waals surface area (Å²) in [5.41, 5.74) is 1.04. The van der Waals surface area contributed by atoms with Crippen LogP contribution in [0.2, 0.25) is 0 Å². The quantitative estimate of drug-likeness (QED) is 0.733. The summed E-state index contributed by atoms with van der Waals surface area (Å²) in [6.45, 7) is 11.3. The van der Waals surface area contributed by atoms with Gasteiger partial charge < -0.3 is 4.74 Å². The largest absolute Gasteiger partial charge is 0.478 e. The highest BCUT2D eigenvalue weighted by molar-refractivity contribution is 8.00. The van der Waals surface area contributed by atoms with Gasteiger partial charge in [-0.05, 0) is 19.9 Å². The highest BCUT2D eigenvalue weighted by Crippen LogP contribution is 2.33. The summed E-state index contributed by atoms with van der Waals surface area (Å²) in [5, 5.41) is 0. The molecule has 0 aliphatic carbocycles. The van der Waals surface area contributed by atoms with Crippen molar-refractivity contribution >= 4 is 11.8 Å². The molecule has 0 N–H and O–H groups in total. The number of thioether (sulfide) groups is 1. The maximum absolute atomic E-state index is 5.35. The fourth-order valence-corrected chi connectivity index (χ4v) is 2.18. The van der Waals surface area contributed by atoms with E-state index in [-0.39, 0.29) is 4.75 Å². The fourth-order valence-electron chi connectivity index (χ4n) is 1.19.